The van der Waals surface area contributed by atoms with Crippen molar-refractivity contribution in [3.05, 3.63) is 46.3 Å². The van der Waals surface area contributed by atoms with E-state index in [9.17, 15) is 0 Å². The summed E-state index contributed by atoms with van der Waals surface area (Å²) in [7, 11) is 0. The van der Waals surface area contributed by atoms with Gasteiger partial charge in [0.15, 0.2) is 15.1 Å². The fourth-order valence-electron chi connectivity index (χ4n) is 1.53. The number of rotatable bonds is 3. The van der Waals surface area contributed by atoms with Crippen molar-refractivity contribution in [2.75, 3.05) is 0 Å². The minimum absolute atomic E-state index is 0.127. The summed E-state index contributed by atoms with van der Waals surface area (Å²) in [5.41, 5.74) is 1.81. The molecule has 0 saturated heterocycles. The van der Waals surface area contributed by atoms with E-state index in [-0.39, 0.29) is 5.28 Å². The highest BCUT2D eigenvalue weighted by Gasteiger charge is 2.11. The molecule has 0 aliphatic heterocycles. The first-order valence-electron chi connectivity index (χ1n) is 5.38. The third-order valence-corrected chi connectivity index (χ3v) is 5.19. The van der Waals surface area contributed by atoms with E-state index in [4.69, 9.17) is 23.2 Å². The highest BCUT2D eigenvalue weighted by molar-refractivity contribution is 8.00. The monoisotopic (exact) mass is 327 g/mol. The molecule has 0 radical (unpaired) electrons. The standard InChI is InChI=1S/C12H7Cl2N3S2/c13-9-8-10(16-11(14)15-9)17-12(19-8)18-6-7-4-2-1-3-5-7/h1-5H,6H2. The summed E-state index contributed by atoms with van der Waals surface area (Å²) >= 11 is 14.9. The van der Waals surface area contributed by atoms with E-state index in [1.807, 2.05) is 18.2 Å². The summed E-state index contributed by atoms with van der Waals surface area (Å²) in [5.74, 6) is 0.861. The van der Waals surface area contributed by atoms with Crippen LogP contribution in [0.3, 0.4) is 0 Å². The van der Waals surface area contributed by atoms with E-state index >= 15 is 0 Å². The Bertz CT molecular complexity index is 716. The largest absolute Gasteiger partial charge is 0.225 e. The first-order chi connectivity index (χ1) is 9.22. The second kappa shape index (κ2) is 5.63. The average Bonchev–Trinajstić information content (AvgIpc) is 2.81. The van der Waals surface area contributed by atoms with Crippen molar-refractivity contribution in [2.45, 2.75) is 10.1 Å². The van der Waals surface area contributed by atoms with E-state index in [0.29, 0.717) is 10.8 Å². The number of aromatic nitrogens is 3. The maximum atomic E-state index is 6.02. The van der Waals surface area contributed by atoms with Gasteiger partial charge in [0.1, 0.15) is 4.70 Å². The van der Waals surface area contributed by atoms with Crippen LogP contribution in [-0.2, 0) is 5.75 Å². The molecule has 96 valence electrons. The molecule has 3 rings (SSSR count). The molecule has 0 aliphatic rings. The van der Waals surface area contributed by atoms with Gasteiger partial charge in [-0.25, -0.2) is 9.97 Å². The Morgan fingerprint density at radius 1 is 1.05 bits per heavy atom. The highest BCUT2D eigenvalue weighted by Crippen LogP contribution is 2.34. The molecule has 0 atom stereocenters. The number of fused-ring (bicyclic) bond motifs is 1. The number of thiazole rings is 1. The lowest BCUT2D eigenvalue weighted by Gasteiger charge is -1.96. The van der Waals surface area contributed by atoms with Gasteiger partial charge in [-0.3, -0.25) is 0 Å². The van der Waals surface area contributed by atoms with Gasteiger partial charge in [-0.05, 0) is 17.2 Å². The van der Waals surface area contributed by atoms with Gasteiger partial charge < -0.3 is 0 Å². The Hall–Kier alpha value is -0.880. The molecule has 0 N–H and O–H groups in total. The van der Waals surface area contributed by atoms with Gasteiger partial charge >= 0.3 is 0 Å². The van der Waals surface area contributed by atoms with Gasteiger partial charge in [0.2, 0.25) is 5.28 Å². The smallest absolute Gasteiger partial charge is 0.210 e. The fourth-order valence-corrected chi connectivity index (χ4v) is 3.93. The molecule has 1 aromatic carbocycles. The van der Waals surface area contributed by atoms with Crippen LogP contribution >= 0.6 is 46.3 Å². The van der Waals surface area contributed by atoms with Crippen molar-refractivity contribution in [2.24, 2.45) is 0 Å². The highest BCUT2D eigenvalue weighted by atomic mass is 35.5. The Kier molecular flexibility index (Phi) is 3.88. The van der Waals surface area contributed by atoms with Crippen LogP contribution in [0.5, 0.6) is 0 Å². The molecule has 3 nitrogen and oxygen atoms in total. The Balaban J connectivity index is 1.84. The van der Waals surface area contributed by atoms with Gasteiger partial charge in [0, 0.05) is 5.75 Å². The zero-order chi connectivity index (χ0) is 13.2. The van der Waals surface area contributed by atoms with E-state index in [1.165, 1.54) is 16.9 Å². The summed E-state index contributed by atoms with van der Waals surface area (Å²) in [4.78, 5) is 12.4. The summed E-state index contributed by atoms with van der Waals surface area (Å²) in [6.45, 7) is 0. The van der Waals surface area contributed by atoms with Crippen molar-refractivity contribution in [1.82, 2.24) is 15.0 Å². The summed E-state index contributed by atoms with van der Waals surface area (Å²) in [6.07, 6.45) is 0. The quantitative estimate of drug-likeness (QED) is 0.397. The molecule has 0 unspecified atom stereocenters. The van der Waals surface area contributed by atoms with Gasteiger partial charge in [-0.2, -0.15) is 4.98 Å². The average molecular weight is 328 g/mol. The zero-order valence-corrected chi connectivity index (χ0v) is 12.7. The van der Waals surface area contributed by atoms with Crippen molar-refractivity contribution in [1.29, 1.82) is 0 Å². The third-order valence-electron chi connectivity index (χ3n) is 2.37. The van der Waals surface area contributed by atoms with Crippen molar-refractivity contribution < 1.29 is 0 Å². The number of halogens is 2. The summed E-state index contributed by atoms with van der Waals surface area (Å²) < 4.78 is 1.69. The minimum atomic E-state index is 0.127. The minimum Gasteiger partial charge on any atom is -0.210 e. The lowest BCUT2D eigenvalue weighted by molar-refractivity contribution is 1.17. The maximum Gasteiger partial charge on any atom is 0.225 e. The van der Waals surface area contributed by atoms with Gasteiger partial charge in [-0.1, -0.05) is 53.7 Å². The molecule has 0 spiro atoms. The first-order valence-corrected chi connectivity index (χ1v) is 7.94. The number of hydrogen-bond donors (Lipinski definition) is 0. The number of benzene rings is 1. The van der Waals surface area contributed by atoms with Crippen LogP contribution in [0.25, 0.3) is 10.3 Å². The molecule has 0 saturated carbocycles. The molecule has 0 amide bonds. The molecule has 2 aromatic heterocycles. The predicted octanol–water partition coefficient (Wildman–Crippen LogP) is 4.69. The van der Waals surface area contributed by atoms with E-state index in [1.54, 1.807) is 11.8 Å². The van der Waals surface area contributed by atoms with Crippen LogP contribution in [0.1, 0.15) is 5.56 Å². The topological polar surface area (TPSA) is 38.7 Å². The van der Waals surface area contributed by atoms with Crippen LogP contribution in [0, 0.1) is 0 Å². The molecule has 2 heterocycles. The molecular formula is C12H7Cl2N3S2. The lowest BCUT2D eigenvalue weighted by Crippen LogP contribution is -1.83. The molecule has 0 aliphatic carbocycles. The number of thioether (sulfide) groups is 1. The molecule has 19 heavy (non-hydrogen) atoms. The summed E-state index contributed by atoms with van der Waals surface area (Å²) in [5, 5.41) is 0.487. The van der Waals surface area contributed by atoms with Crippen molar-refractivity contribution in [3.63, 3.8) is 0 Å². The fraction of sp³-hybridized carbons (Fsp3) is 0.0833. The van der Waals surface area contributed by atoms with Gasteiger partial charge in [0.25, 0.3) is 0 Å². The molecular weight excluding hydrogens is 321 g/mol. The molecule has 3 aromatic rings. The number of nitrogens with zero attached hydrogens (tertiary/aromatic N) is 3. The lowest BCUT2D eigenvalue weighted by atomic mass is 10.2. The SMILES string of the molecule is Clc1nc(Cl)c2sc(SCc3ccccc3)nc2n1. The van der Waals surface area contributed by atoms with E-state index < -0.39 is 0 Å². The first kappa shape index (κ1) is 13.1. The second-order valence-electron chi connectivity index (χ2n) is 3.69. The number of hydrogen-bond acceptors (Lipinski definition) is 5. The van der Waals surface area contributed by atoms with Crippen LogP contribution in [-0.4, -0.2) is 15.0 Å². The summed E-state index contributed by atoms with van der Waals surface area (Å²) in [6, 6.07) is 10.2. The van der Waals surface area contributed by atoms with Crippen LogP contribution in [0.4, 0.5) is 0 Å². The van der Waals surface area contributed by atoms with Crippen LogP contribution in [0.2, 0.25) is 10.4 Å². The Morgan fingerprint density at radius 3 is 2.63 bits per heavy atom. The van der Waals surface area contributed by atoms with Crippen molar-refractivity contribution in [3.8, 4) is 0 Å². The Labute approximate surface area is 128 Å². The Morgan fingerprint density at radius 2 is 1.84 bits per heavy atom. The van der Waals surface area contributed by atoms with E-state index in [0.717, 1.165) is 14.8 Å². The predicted molar refractivity (Wildman–Crippen MR) is 81.2 cm³/mol. The molecule has 0 bridgehead atoms. The molecule has 7 heteroatoms. The zero-order valence-electron chi connectivity index (χ0n) is 9.51. The third kappa shape index (κ3) is 3.00. The van der Waals surface area contributed by atoms with Crippen LogP contribution < -0.4 is 0 Å². The van der Waals surface area contributed by atoms with Gasteiger partial charge in [0.05, 0.1) is 0 Å². The second-order valence-corrected chi connectivity index (χ2v) is 6.61. The normalized spacial score (nSPS) is 11.1. The van der Waals surface area contributed by atoms with E-state index in [2.05, 4.69) is 27.1 Å². The van der Waals surface area contributed by atoms with Crippen LogP contribution in [0.15, 0.2) is 34.7 Å². The van der Waals surface area contributed by atoms with Crippen molar-refractivity contribution >= 4 is 56.6 Å². The maximum absolute atomic E-state index is 6.02. The molecule has 0 fully saturated rings. The van der Waals surface area contributed by atoms with Gasteiger partial charge in [-0.15, -0.1) is 11.3 Å².